The van der Waals surface area contributed by atoms with E-state index in [4.69, 9.17) is 21.8 Å². The summed E-state index contributed by atoms with van der Waals surface area (Å²) in [7, 11) is -7.90. The van der Waals surface area contributed by atoms with Crippen molar-refractivity contribution >= 4 is 43.5 Å². The lowest BCUT2D eigenvalue weighted by Gasteiger charge is -2.31. The van der Waals surface area contributed by atoms with Crippen molar-refractivity contribution in [3.63, 3.8) is 0 Å². The molecule has 0 aliphatic heterocycles. The summed E-state index contributed by atoms with van der Waals surface area (Å²) in [6.45, 7) is 6.86. The fourth-order valence-electron chi connectivity index (χ4n) is 1.31. The summed E-state index contributed by atoms with van der Waals surface area (Å²) in [4.78, 5) is 42.4. The first kappa shape index (κ1) is 18.8. The van der Waals surface area contributed by atoms with Crippen molar-refractivity contribution in [1.29, 1.82) is 0 Å². The molecule has 0 unspecified atom stereocenters. The number of rotatable bonds is 14. The highest BCUT2D eigenvalue weighted by molar-refractivity contribution is 6.77. The number of hydrogen-bond donors (Lipinski definition) is 0. The molecule has 116 valence electrons. The van der Waals surface area contributed by atoms with Crippen molar-refractivity contribution < 1.29 is 41.0 Å². The Morgan fingerprint density at radius 1 is 0.667 bits per heavy atom. The van der Waals surface area contributed by atoms with Gasteiger partial charge >= 0.3 is 17.6 Å². The van der Waals surface area contributed by atoms with Crippen LogP contribution in [0.2, 0.25) is 12.1 Å². The molecule has 9 nitrogen and oxygen atoms in total. The van der Waals surface area contributed by atoms with Gasteiger partial charge in [0.15, 0.2) is 0 Å². The second-order valence-electron chi connectivity index (χ2n) is 3.31. The molecule has 0 aliphatic rings. The molecule has 11 heteroatoms. The SMILES string of the molecule is C=CC[Si](OC=O)(OC=O)O[Si](CC=C)(OC=O)OC=O. The van der Waals surface area contributed by atoms with Gasteiger partial charge in [0.2, 0.25) is 0 Å². The summed E-state index contributed by atoms with van der Waals surface area (Å²) >= 11 is 0. The van der Waals surface area contributed by atoms with Crippen LogP contribution in [0.4, 0.5) is 0 Å². The Morgan fingerprint density at radius 3 is 1.14 bits per heavy atom. The van der Waals surface area contributed by atoms with Crippen molar-refractivity contribution in [1.82, 2.24) is 0 Å². The summed E-state index contributed by atoms with van der Waals surface area (Å²) in [5.74, 6) is 0. The first-order valence-electron chi connectivity index (χ1n) is 5.45. The summed E-state index contributed by atoms with van der Waals surface area (Å²) in [6.07, 6.45) is 2.54. The van der Waals surface area contributed by atoms with E-state index in [2.05, 4.69) is 13.2 Å². The molecule has 0 saturated carbocycles. The third-order valence-electron chi connectivity index (χ3n) is 2.01. The maximum absolute atomic E-state index is 10.6. The van der Waals surface area contributed by atoms with E-state index in [1.54, 1.807) is 0 Å². The molecule has 0 bridgehead atoms. The Balaban J connectivity index is 5.60. The highest BCUT2D eigenvalue weighted by atomic mass is 28.5. The predicted molar refractivity (Wildman–Crippen MR) is 71.2 cm³/mol. The fraction of sp³-hybridized carbons (Fsp3) is 0.200. The largest absolute Gasteiger partial charge is 0.633 e. The van der Waals surface area contributed by atoms with E-state index in [1.165, 1.54) is 12.2 Å². The molecule has 0 spiro atoms. The minimum absolute atomic E-state index is 0.00805. The van der Waals surface area contributed by atoms with Crippen molar-refractivity contribution in [3.05, 3.63) is 25.3 Å². The number of carbonyl (C=O) groups is 4. The van der Waals surface area contributed by atoms with E-state index < -0.39 is 17.6 Å². The van der Waals surface area contributed by atoms with E-state index in [1.807, 2.05) is 0 Å². The smallest absolute Gasteiger partial charge is 0.467 e. The Bertz CT molecular complexity index is 309. The third-order valence-corrected chi connectivity index (χ3v) is 7.90. The van der Waals surface area contributed by atoms with Gasteiger partial charge in [-0.15, -0.1) is 13.2 Å². The van der Waals surface area contributed by atoms with Gasteiger partial charge in [-0.25, -0.2) is 0 Å². The van der Waals surface area contributed by atoms with Gasteiger partial charge in [0.25, 0.3) is 25.9 Å². The van der Waals surface area contributed by atoms with Gasteiger partial charge in [-0.3, -0.25) is 19.2 Å². The quantitative estimate of drug-likeness (QED) is 0.245. The second-order valence-corrected chi connectivity index (χ2v) is 8.62. The summed E-state index contributed by atoms with van der Waals surface area (Å²) in [6, 6.07) is -0.332. The molecule has 0 aromatic rings. The Labute approximate surface area is 122 Å². The van der Waals surface area contributed by atoms with Crippen molar-refractivity contribution in [2.75, 3.05) is 0 Å². The Hall–Kier alpha value is -2.25. The highest BCUT2D eigenvalue weighted by Crippen LogP contribution is 2.25. The molecular weight excluding hydrogens is 320 g/mol. The molecule has 0 aliphatic carbocycles. The lowest BCUT2D eigenvalue weighted by atomic mass is 10.8. The Morgan fingerprint density at radius 2 is 0.952 bits per heavy atom. The van der Waals surface area contributed by atoms with Gasteiger partial charge in [-0.05, 0) is 0 Å². The molecule has 0 heterocycles. The number of carbonyl (C=O) groups excluding carboxylic acids is 4. The van der Waals surface area contributed by atoms with E-state index in [-0.39, 0.29) is 38.0 Å². The van der Waals surface area contributed by atoms with Gasteiger partial charge in [-0.2, -0.15) is 0 Å². The van der Waals surface area contributed by atoms with Crippen LogP contribution in [-0.2, 0) is 41.0 Å². The molecule has 0 N–H and O–H groups in total. The summed E-state index contributed by atoms with van der Waals surface area (Å²) < 4.78 is 24.3. The van der Waals surface area contributed by atoms with Gasteiger partial charge in [0.05, 0.1) is 12.1 Å². The zero-order chi connectivity index (χ0) is 16.2. The van der Waals surface area contributed by atoms with E-state index in [9.17, 15) is 19.2 Å². The summed E-state index contributed by atoms with van der Waals surface area (Å²) in [5.41, 5.74) is 0. The van der Waals surface area contributed by atoms with Crippen LogP contribution < -0.4 is 0 Å². The van der Waals surface area contributed by atoms with Gasteiger partial charge in [-0.1, -0.05) is 12.2 Å². The topological polar surface area (TPSA) is 114 Å². The van der Waals surface area contributed by atoms with Crippen molar-refractivity contribution in [3.8, 4) is 0 Å². The van der Waals surface area contributed by atoms with E-state index >= 15 is 0 Å². The first-order chi connectivity index (χ1) is 10.1. The third kappa shape index (κ3) is 5.72. The molecule has 0 rings (SSSR count). The van der Waals surface area contributed by atoms with Crippen LogP contribution >= 0.6 is 0 Å². The standard InChI is InChI=1S/C10H14O9Si2/c1-3-5-20(15-7-11,16-8-12)19-21(6-4-2,17-9-13)18-10-14/h3-4,7-10H,1-2,5-6H2. The summed E-state index contributed by atoms with van der Waals surface area (Å²) in [5, 5.41) is 0. The van der Waals surface area contributed by atoms with Crippen LogP contribution in [0, 0.1) is 0 Å². The zero-order valence-electron chi connectivity index (χ0n) is 11.0. The first-order valence-corrected chi connectivity index (χ1v) is 9.31. The Kier molecular flexibility index (Phi) is 8.60. The maximum atomic E-state index is 10.6. The minimum atomic E-state index is -3.95. The average molecular weight is 334 g/mol. The van der Waals surface area contributed by atoms with Crippen molar-refractivity contribution in [2.24, 2.45) is 0 Å². The van der Waals surface area contributed by atoms with Crippen LogP contribution in [-0.4, -0.2) is 43.5 Å². The minimum Gasteiger partial charge on any atom is -0.467 e. The van der Waals surface area contributed by atoms with Crippen molar-refractivity contribution in [2.45, 2.75) is 12.1 Å². The molecule has 0 amide bonds. The van der Waals surface area contributed by atoms with Crippen LogP contribution in [0.3, 0.4) is 0 Å². The molecule has 0 fully saturated rings. The molecule has 0 aromatic heterocycles. The molecule has 0 atom stereocenters. The van der Waals surface area contributed by atoms with E-state index in [0.717, 1.165) is 0 Å². The molecular formula is C10H14O9Si2. The molecule has 0 aromatic carbocycles. The van der Waals surface area contributed by atoms with Crippen LogP contribution in [0.25, 0.3) is 0 Å². The maximum Gasteiger partial charge on any atom is 0.633 e. The van der Waals surface area contributed by atoms with Gasteiger partial charge < -0.3 is 21.8 Å². The number of hydrogen-bond acceptors (Lipinski definition) is 9. The lowest BCUT2D eigenvalue weighted by Crippen LogP contribution is -2.58. The second kappa shape index (κ2) is 9.63. The number of allylic oxidation sites excluding steroid dienone is 2. The van der Waals surface area contributed by atoms with Crippen LogP contribution in [0.15, 0.2) is 25.3 Å². The highest BCUT2D eigenvalue weighted by Gasteiger charge is 2.58. The van der Waals surface area contributed by atoms with Crippen LogP contribution in [0.1, 0.15) is 0 Å². The van der Waals surface area contributed by atoms with Gasteiger partial charge in [0.1, 0.15) is 0 Å². The average Bonchev–Trinajstić information content (AvgIpc) is 2.40. The zero-order valence-corrected chi connectivity index (χ0v) is 13.0. The van der Waals surface area contributed by atoms with Gasteiger partial charge in [0, 0.05) is 0 Å². The fourth-order valence-corrected chi connectivity index (χ4v) is 6.43. The normalized spacial score (nSPS) is 10.7. The van der Waals surface area contributed by atoms with Crippen LogP contribution in [0.5, 0.6) is 0 Å². The lowest BCUT2D eigenvalue weighted by molar-refractivity contribution is -0.131. The monoisotopic (exact) mass is 334 g/mol. The molecule has 21 heavy (non-hydrogen) atoms. The predicted octanol–water partition coefficient (Wildman–Crippen LogP) is -0.0552. The molecule has 0 radical (unpaired) electrons. The molecule has 0 saturated heterocycles. The van der Waals surface area contributed by atoms with E-state index in [0.29, 0.717) is 0 Å².